The van der Waals surface area contributed by atoms with E-state index in [0.29, 0.717) is 12.0 Å². The summed E-state index contributed by atoms with van der Waals surface area (Å²) in [5, 5.41) is 13.9. The second kappa shape index (κ2) is 7.88. The molecule has 11 heteroatoms. The molecule has 2 atom stereocenters. The van der Waals surface area contributed by atoms with Crippen LogP contribution < -0.4 is 10.2 Å². The molecule has 0 unspecified atom stereocenters. The van der Waals surface area contributed by atoms with Gasteiger partial charge in [-0.15, -0.1) is 0 Å². The fourth-order valence-corrected chi connectivity index (χ4v) is 3.40. The zero-order chi connectivity index (χ0) is 21.3. The summed E-state index contributed by atoms with van der Waals surface area (Å²) in [7, 11) is 0. The minimum atomic E-state index is -4.67. The van der Waals surface area contributed by atoms with Crippen LogP contribution in [0.3, 0.4) is 0 Å². The Balaban J connectivity index is 1.59. The summed E-state index contributed by atoms with van der Waals surface area (Å²) in [5.74, 6) is -0.0777. The third-order valence-corrected chi connectivity index (χ3v) is 5.33. The van der Waals surface area contributed by atoms with E-state index in [9.17, 15) is 32.9 Å². The van der Waals surface area contributed by atoms with E-state index in [0.717, 1.165) is 18.6 Å². The number of anilines is 1. The van der Waals surface area contributed by atoms with Gasteiger partial charge in [0.2, 0.25) is 11.8 Å². The first-order valence-corrected chi connectivity index (χ1v) is 9.24. The van der Waals surface area contributed by atoms with Gasteiger partial charge in [0.1, 0.15) is 5.69 Å². The molecule has 0 aromatic heterocycles. The molecule has 1 aromatic rings. The summed E-state index contributed by atoms with van der Waals surface area (Å²) in [6.07, 6.45) is -3.85. The molecule has 2 amide bonds. The number of carbonyl (C=O) groups excluding carboxylic acids is 2. The Kier molecular flexibility index (Phi) is 5.67. The van der Waals surface area contributed by atoms with Gasteiger partial charge in [0.05, 0.1) is 17.0 Å². The molecule has 0 spiro atoms. The summed E-state index contributed by atoms with van der Waals surface area (Å²) in [6, 6.07) is 2.44. The maximum Gasteiger partial charge on any atom is 0.416 e. The highest BCUT2D eigenvalue weighted by Gasteiger charge is 2.39. The van der Waals surface area contributed by atoms with Crippen LogP contribution in [0, 0.1) is 22.0 Å². The van der Waals surface area contributed by atoms with E-state index >= 15 is 0 Å². The number of benzene rings is 1. The van der Waals surface area contributed by atoms with Crippen LogP contribution in [0.5, 0.6) is 0 Å². The second-order valence-corrected chi connectivity index (χ2v) is 7.36. The maximum absolute atomic E-state index is 12.8. The van der Waals surface area contributed by atoms with E-state index in [2.05, 4.69) is 5.32 Å². The summed E-state index contributed by atoms with van der Waals surface area (Å²) >= 11 is 0. The molecule has 8 nitrogen and oxygen atoms in total. The van der Waals surface area contributed by atoms with Gasteiger partial charge in [0.25, 0.3) is 5.69 Å². The number of amides is 2. The summed E-state index contributed by atoms with van der Waals surface area (Å²) in [4.78, 5) is 37.6. The fraction of sp³-hybridized carbons (Fsp3) is 0.556. The van der Waals surface area contributed by atoms with Crippen LogP contribution in [0.25, 0.3) is 0 Å². The second-order valence-electron chi connectivity index (χ2n) is 7.36. The summed E-state index contributed by atoms with van der Waals surface area (Å²) < 4.78 is 38.5. The number of alkyl halides is 3. The number of carbonyl (C=O) groups is 2. The topological polar surface area (TPSA) is 95.8 Å². The van der Waals surface area contributed by atoms with Crippen molar-refractivity contribution in [3.8, 4) is 0 Å². The number of piperazine rings is 1. The molecule has 1 aromatic carbocycles. The van der Waals surface area contributed by atoms with Crippen molar-refractivity contribution in [3.63, 3.8) is 0 Å². The fourth-order valence-electron chi connectivity index (χ4n) is 3.40. The van der Waals surface area contributed by atoms with Crippen LogP contribution in [-0.4, -0.2) is 54.4 Å². The Labute approximate surface area is 164 Å². The number of nitro benzene ring substituents is 1. The van der Waals surface area contributed by atoms with E-state index in [1.54, 1.807) is 4.90 Å². The molecule has 1 heterocycles. The van der Waals surface area contributed by atoms with Gasteiger partial charge in [-0.3, -0.25) is 19.7 Å². The van der Waals surface area contributed by atoms with Crippen LogP contribution in [0.15, 0.2) is 18.2 Å². The highest BCUT2D eigenvalue weighted by molar-refractivity contribution is 5.87. The predicted molar refractivity (Wildman–Crippen MR) is 97.2 cm³/mol. The van der Waals surface area contributed by atoms with E-state index in [-0.39, 0.29) is 56.1 Å². The Morgan fingerprint density at radius 3 is 2.38 bits per heavy atom. The zero-order valence-electron chi connectivity index (χ0n) is 15.7. The van der Waals surface area contributed by atoms with Crippen molar-refractivity contribution in [2.75, 3.05) is 37.6 Å². The van der Waals surface area contributed by atoms with E-state index in [1.807, 2.05) is 6.92 Å². The number of rotatable bonds is 5. The van der Waals surface area contributed by atoms with Crippen LogP contribution >= 0.6 is 0 Å². The molecule has 1 saturated heterocycles. The molecule has 1 aliphatic carbocycles. The first kappa shape index (κ1) is 20.9. The van der Waals surface area contributed by atoms with Crippen LogP contribution in [0.4, 0.5) is 24.5 Å². The van der Waals surface area contributed by atoms with E-state index < -0.39 is 22.4 Å². The number of nitrogens with one attached hydrogen (secondary N) is 1. The molecule has 0 bridgehead atoms. The molecule has 1 saturated carbocycles. The number of nitrogens with zero attached hydrogens (tertiary/aromatic N) is 3. The average molecular weight is 414 g/mol. The molecule has 0 radical (unpaired) electrons. The van der Waals surface area contributed by atoms with Crippen molar-refractivity contribution < 1.29 is 27.7 Å². The number of hydrogen-bond donors (Lipinski definition) is 1. The Hall–Kier alpha value is -2.85. The average Bonchev–Trinajstić information content (AvgIpc) is 3.41. The van der Waals surface area contributed by atoms with Gasteiger partial charge in [0.15, 0.2) is 0 Å². The first-order chi connectivity index (χ1) is 13.6. The minimum Gasteiger partial charge on any atom is -0.362 e. The predicted octanol–water partition coefficient (Wildman–Crippen LogP) is 2.03. The number of nitro groups is 1. The van der Waals surface area contributed by atoms with Gasteiger partial charge in [-0.05, 0) is 24.5 Å². The third-order valence-electron chi connectivity index (χ3n) is 5.33. The van der Waals surface area contributed by atoms with E-state index in [4.69, 9.17) is 0 Å². The third kappa shape index (κ3) is 4.77. The van der Waals surface area contributed by atoms with Crippen molar-refractivity contribution in [1.82, 2.24) is 10.2 Å². The lowest BCUT2D eigenvalue weighted by Gasteiger charge is -2.36. The monoisotopic (exact) mass is 414 g/mol. The highest BCUT2D eigenvalue weighted by Crippen LogP contribution is 2.38. The van der Waals surface area contributed by atoms with Gasteiger partial charge < -0.3 is 15.1 Å². The van der Waals surface area contributed by atoms with Gasteiger partial charge in [-0.2, -0.15) is 13.2 Å². The van der Waals surface area contributed by atoms with Crippen LogP contribution in [0.2, 0.25) is 0 Å². The molecule has 3 rings (SSSR count). The SMILES string of the molecule is C[C@@H]1C[C@H]1C(=O)NCC(=O)N1CCN(c2ccc(C(F)(F)F)cc2[N+](=O)[O-])CC1. The van der Waals surface area contributed by atoms with Crippen LogP contribution in [0.1, 0.15) is 18.9 Å². The lowest BCUT2D eigenvalue weighted by molar-refractivity contribution is -0.384. The Morgan fingerprint density at radius 2 is 1.86 bits per heavy atom. The minimum absolute atomic E-state index is 0.0279. The lowest BCUT2D eigenvalue weighted by Crippen LogP contribution is -2.51. The molecule has 2 fully saturated rings. The molecular weight excluding hydrogens is 393 g/mol. The molecule has 158 valence electrons. The van der Waals surface area contributed by atoms with Crippen molar-refractivity contribution >= 4 is 23.2 Å². The lowest BCUT2D eigenvalue weighted by atomic mass is 10.1. The van der Waals surface area contributed by atoms with Gasteiger partial charge in [-0.25, -0.2) is 0 Å². The van der Waals surface area contributed by atoms with Crippen molar-refractivity contribution in [2.45, 2.75) is 19.5 Å². The summed E-state index contributed by atoms with van der Waals surface area (Å²) in [5.41, 5.74) is -1.61. The Morgan fingerprint density at radius 1 is 1.24 bits per heavy atom. The largest absolute Gasteiger partial charge is 0.416 e. The zero-order valence-corrected chi connectivity index (χ0v) is 15.7. The van der Waals surface area contributed by atoms with Crippen LogP contribution in [-0.2, 0) is 15.8 Å². The molecular formula is C18H21F3N4O4. The first-order valence-electron chi connectivity index (χ1n) is 9.24. The molecule has 1 N–H and O–H groups in total. The Bertz CT molecular complexity index is 822. The number of hydrogen-bond acceptors (Lipinski definition) is 5. The smallest absolute Gasteiger partial charge is 0.362 e. The van der Waals surface area contributed by atoms with Crippen molar-refractivity contribution in [3.05, 3.63) is 33.9 Å². The molecule has 2 aliphatic rings. The van der Waals surface area contributed by atoms with Crippen molar-refractivity contribution in [2.24, 2.45) is 11.8 Å². The quantitative estimate of drug-likeness (QED) is 0.588. The normalized spacial score (nSPS) is 21.7. The highest BCUT2D eigenvalue weighted by atomic mass is 19.4. The molecule has 29 heavy (non-hydrogen) atoms. The van der Waals surface area contributed by atoms with Crippen molar-refractivity contribution in [1.29, 1.82) is 0 Å². The van der Waals surface area contributed by atoms with Gasteiger partial charge in [-0.1, -0.05) is 6.92 Å². The molecule has 1 aliphatic heterocycles. The van der Waals surface area contributed by atoms with E-state index in [1.165, 1.54) is 4.90 Å². The maximum atomic E-state index is 12.8. The summed E-state index contributed by atoms with van der Waals surface area (Å²) in [6.45, 7) is 2.85. The van der Waals surface area contributed by atoms with Gasteiger partial charge >= 0.3 is 6.18 Å². The number of halogens is 3. The standard InChI is InChI=1S/C18H21F3N4O4/c1-11-8-13(11)17(27)22-10-16(26)24-6-4-23(5-7-24)14-3-2-12(18(19,20)21)9-15(14)25(28)29/h2-3,9,11,13H,4-8,10H2,1H3,(H,22,27)/t11-,13-/m1/s1. The van der Waals surface area contributed by atoms with Gasteiger partial charge in [0, 0.05) is 38.2 Å².